The number of nitrogens with two attached hydrogens (primary N) is 1. The second-order valence-electron chi connectivity index (χ2n) is 6.23. The summed E-state index contributed by atoms with van der Waals surface area (Å²) in [4.78, 5) is 0. The molecule has 3 N–H and O–H groups in total. The fraction of sp³-hybridized carbons (Fsp3) is 0.571. The van der Waals surface area contributed by atoms with Crippen molar-refractivity contribution in [1.29, 1.82) is 0 Å². The Morgan fingerprint density at radius 1 is 1.28 bits per heavy atom. The number of benzene rings is 1. The number of rotatable bonds is 3. The minimum absolute atomic E-state index is 0.0982. The van der Waals surface area contributed by atoms with E-state index < -0.39 is 5.82 Å². The molecule has 4 heteroatoms. The molecular weight excluding hydrogens is 251 g/mol. The van der Waals surface area contributed by atoms with E-state index in [1.807, 2.05) is 0 Å². The molecule has 0 unspecified atom stereocenters. The molecule has 1 aromatic rings. The quantitative estimate of drug-likeness (QED) is 0.810. The summed E-state index contributed by atoms with van der Waals surface area (Å²) < 4.78 is 13.2. The summed E-state index contributed by atoms with van der Waals surface area (Å²) in [7, 11) is 0. The number of halogens is 2. The van der Waals surface area contributed by atoms with Crippen molar-refractivity contribution in [2.24, 2.45) is 16.7 Å². The van der Waals surface area contributed by atoms with Crippen molar-refractivity contribution in [2.45, 2.75) is 27.7 Å². The fourth-order valence-electron chi connectivity index (χ4n) is 2.77. The molecule has 0 atom stereocenters. The van der Waals surface area contributed by atoms with Gasteiger partial charge in [0, 0.05) is 12.6 Å². The zero-order valence-electron chi connectivity index (χ0n) is 11.3. The number of hydrogen-bond acceptors (Lipinski definition) is 2. The van der Waals surface area contributed by atoms with E-state index in [-0.39, 0.29) is 5.02 Å². The third-order valence-electron chi connectivity index (χ3n) is 4.91. The van der Waals surface area contributed by atoms with Crippen LogP contribution in [0.3, 0.4) is 0 Å². The SMILES string of the molecule is CC1(C)C(CNc2cc(Cl)c(F)cc2N)C1(C)C. The highest BCUT2D eigenvalue weighted by atomic mass is 35.5. The molecule has 100 valence electrons. The Morgan fingerprint density at radius 3 is 2.33 bits per heavy atom. The monoisotopic (exact) mass is 270 g/mol. The lowest BCUT2D eigenvalue weighted by atomic mass is 10.0. The van der Waals surface area contributed by atoms with Gasteiger partial charge in [0.25, 0.3) is 0 Å². The van der Waals surface area contributed by atoms with Gasteiger partial charge < -0.3 is 11.1 Å². The van der Waals surface area contributed by atoms with Crippen LogP contribution in [0.1, 0.15) is 27.7 Å². The van der Waals surface area contributed by atoms with Gasteiger partial charge in [0.15, 0.2) is 0 Å². The molecule has 0 spiro atoms. The largest absolute Gasteiger partial charge is 0.397 e. The van der Waals surface area contributed by atoms with Crippen LogP contribution in [0.2, 0.25) is 5.02 Å². The van der Waals surface area contributed by atoms with Gasteiger partial charge in [-0.15, -0.1) is 0 Å². The Morgan fingerprint density at radius 2 is 1.83 bits per heavy atom. The van der Waals surface area contributed by atoms with Gasteiger partial charge in [0.2, 0.25) is 0 Å². The number of nitrogen functional groups attached to an aromatic ring is 1. The molecule has 0 aromatic heterocycles. The minimum atomic E-state index is -0.480. The molecule has 1 fully saturated rings. The summed E-state index contributed by atoms with van der Waals surface area (Å²) in [5.41, 5.74) is 7.51. The van der Waals surface area contributed by atoms with Crippen LogP contribution >= 0.6 is 11.6 Å². The lowest BCUT2D eigenvalue weighted by molar-refractivity contribution is 0.457. The highest BCUT2D eigenvalue weighted by Crippen LogP contribution is 2.68. The average molecular weight is 271 g/mol. The Bertz CT molecular complexity index is 469. The maximum absolute atomic E-state index is 13.2. The van der Waals surface area contributed by atoms with Gasteiger partial charge in [-0.1, -0.05) is 39.3 Å². The van der Waals surface area contributed by atoms with E-state index in [1.54, 1.807) is 6.07 Å². The van der Waals surface area contributed by atoms with Gasteiger partial charge in [-0.3, -0.25) is 0 Å². The van der Waals surface area contributed by atoms with Gasteiger partial charge in [-0.25, -0.2) is 4.39 Å². The minimum Gasteiger partial charge on any atom is -0.397 e. The predicted molar refractivity (Wildman–Crippen MR) is 75.4 cm³/mol. The standard InChI is InChI=1S/C14H20ClFN2/c1-13(2)12(14(13,3)4)7-18-11-5-8(15)9(16)6-10(11)17/h5-6,12,18H,7,17H2,1-4H3. The van der Waals surface area contributed by atoms with Crippen LogP contribution in [0.5, 0.6) is 0 Å². The summed E-state index contributed by atoms with van der Waals surface area (Å²) in [6.07, 6.45) is 0. The first kappa shape index (κ1) is 13.5. The van der Waals surface area contributed by atoms with Gasteiger partial charge >= 0.3 is 0 Å². The van der Waals surface area contributed by atoms with Crippen molar-refractivity contribution in [1.82, 2.24) is 0 Å². The van der Waals surface area contributed by atoms with Crippen LogP contribution in [0.4, 0.5) is 15.8 Å². The van der Waals surface area contributed by atoms with E-state index in [1.165, 1.54) is 6.07 Å². The zero-order valence-corrected chi connectivity index (χ0v) is 12.0. The molecule has 2 rings (SSSR count). The van der Waals surface area contributed by atoms with E-state index in [0.717, 1.165) is 6.54 Å². The molecule has 0 amide bonds. The first-order valence-electron chi connectivity index (χ1n) is 6.16. The Hall–Kier alpha value is -0.960. The number of nitrogens with one attached hydrogen (secondary N) is 1. The summed E-state index contributed by atoms with van der Waals surface area (Å²) in [5, 5.41) is 3.38. The highest BCUT2D eigenvalue weighted by Gasteiger charge is 2.64. The van der Waals surface area contributed by atoms with Crippen molar-refractivity contribution in [2.75, 3.05) is 17.6 Å². The summed E-state index contributed by atoms with van der Waals surface area (Å²) in [5.74, 6) is 0.0972. The van der Waals surface area contributed by atoms with Crippen molar-refractivity contribution in [3.8, 4) is 0 Å². The lowest BCUT2D eigenvalue weighted by Crippen LogP contribution is -2.10. The number of anilines is 2. The van der Waals surface area contributed by atoms with Crippen LogP contribution in [-0.2, 0) is 0 Å². The fourth-order valence-corrected chi connectivity index (χ4v) is 2.93. The molecule has 1 aromatic carbocycles. The molecule has 1 saturated carbocycles. The van der Waals surface area contributed by atoms with Gasteiger partial charge in [-0.2, -0.15) is 0 Å². The maximum Gasteiger partial charge on any atom is 0.143 e. The molecule has 0 saturated heterocycles. The van der Waals surface area contributed by atoms with Crippen molar-refractivity contribution in [3.05, 3.63) is 23.0 Å². The van der Waals surface area contributed by atoms with E-state index in [4.69, 9.17) is 17.3 Å². The summed E-state index contributed by atoms with van der Waals surface area (Å²) in [6.45, 7) is 9.88. The average Bonchev–Trinajstić information content (AvgIpc) is 2.62. The molecule has 0 aliphatic heterocycles. The van der Waals surface area contributed by atoms with Crippen molar-refractivity contribution < 1.29 is 4.39 Å². The van der Waals surface area contributed by atoms with E-state index in [9.17, 15) is 4.39 Å². The van der Waals surface area contributed by atoms with Crippen LogP contribution in [0.15, 0.2) is 12.1 Å². The topological polar surface area (TPSA) is 38.0 Å². The lowest BCUT2D eigenvalue weighted by Gasteiger charge is -2.11. The normalized spacial score (nSPS) is 20.8. The Labute approximate surface area is 113 Å². The molecule has 18 heavy (non-hydrogen) atoms. The second kappa shape index (κ2) is 4.02. The Kier molecular flexibility index (Phi) is 3.01. The molecular formula is C14H20ClFN2. The van der Waals surface area contributed by atoms with Gasteiger partial charge in [-0.05, 0) is 22.8 Å². The van der Waals surface area contributed by atoms with Crippen LogP contribution < -0.4 is 11.1 Å². The smallest absolute Gasteiger partial charge is 0.143 e. The third kappa shape index (κ3) is 1.95. The first-order chi connectivity index (χ1) is 8.18. The van der Waals surface area contributed by atoms with Crippen LogP contribution in [0.25, 0.3) is 0 Å². The van der Waals surface area contributed by atoms with E-state index >= 15 is 0 Å². The molecule has 1 aliphatic carbocycles. The maximum atomic E-state index is 13.2. The van der Waals surface area contributed by atoms with Gasteiger partial charge in [0.05, 0.1) is 16.4 Å². The van der Waals surface area contributed by atoms with Gasteiger partial charge in [0.1, 0.15) is 5.82 Å². The van der Waals surface area contributed by atoms with E-state index in [2.05, 4.69) is 33.0 Å². The molecule has 0 heterocycles. The summed E-state index contributed by atoms with van der Waals surface area (Å²) in [6, 6.07) is 2.81. The van der Waals surface area contributed by atoms with Crippen molar-refractivity contribution in [3.63, 3.8) is 0 Å². The third-order valence-corrected chi connectivity index (χ3v) is 5.20. The van der Waals surface area contributed by atoms with E-state index in [0.29, 0.717) is 28.1 Å². The summed E-state index contributed by atoms with van der Waals surface area (Å²) >= 11 is 5.76. The molecule has 0 radical (unpaired) electrons. The number of hydrogen-bond donors (Lipinski definition) is 2. The second-order valence-corrected chi connectivity index (χ2v) is 6.64. The van der Waals surface area contributed by atoms with Crippen LogP contribution in [0, 0.1) is 22.6 Å². The van der Waals surface area contributed by atoms with Crippen molar-refractivity contribution >= 4 is 23.0 Å². The van der Waals surface area contributed by atoms with Crippen LogP contribution in [-0.4, -0.2) is 6.54 Å². The highest BCUT2D eigenvalue weighted by molar-refractivity contribution is 6.31. The predicted octanol–water partition coefficient (Wildman–Crippen LogP) is 4.16. The zero-order chi connectivity index (χ0) is 13.7. The molecule has 1 aliphatic rings. The molecule has 2 nitrogen and oxygen atoms in total. The molecule has 0 bridgehead atoms. The first-order valence-corrected chi connectivity index (χ1v) is 6.54. The Balaban J connectivity index is 2.07.